The largest absolute Gasteiger partial charge is 0.496 e. The summed E-state index contributed by atoms with van der Waals surface area (Å²) in [5, 5.41) is 6.23. The molecule has 2 aromatic rings. The van der Waals surface area contributed by atoms with Gasteiger partial charge >= 0.3 is 0 Å². The average molecular weight is 390 g/mol. The van der Waals surface area contributed by atoms with Gasteiger partial charge in [-0.25, -0.2) is 0 Å². The van der Waals surface area contributed by atoms with E-state index < -0.39 is 0 Å². The minimum Gasteiger partial charge on any atom is -0.496 e. The maximum Gasteiger partial charge on any atom is 0.238 e. The van der Waals surface area contributed by atoms with Crippen molar-refractivity contribution in [2.45, 2.75) is 6.42 Å². The van der Waals surface area contributed by atoms with E-state index >= 15 is 0 Å². The number of hydrogen-bond donors (Lipinski definition) is 2. The van der Waals surface area contributed by atoms with Crippen LogP contribution in [0.4, 0.5) is 5.69 Å². The molecule has 0 aliphatic rings. The highest BCUT2D eigenvalue weighted by atomic mass is 35.5. The molecule has 0 fully saturated rings. The minimum absolute atomic E-state index is 0.114. The van der Waals surface area contributed by atoms with Crippen molar-refractivity contribution >= 4 is 29.1 Å². The van der Waals surface area contributed by atoms with Crippen molar-refractivity contribution in [1.29, 1.82) is 0 Å². The van der Waals surface area contributed by atoms with Crippen LogP contribution in [0.15, 0.2) is 48.5 Å². The van der Waals surface area contributed by atoms with Crippen LogP contribution in [0.2, 0.25) is 5.02 Å². The van der Waals surface area contributed by atoms with Crippen molar-refractivity contribution in [2.75, 3.05) is 39.1 Å². The van der Waals surface area contributed by atoms with Gasteiger partial charge in [-0.05, 0) is 49.4 Å². The first kappa shape index (κ1) is 20.7. The van der Waals surface area contributed by atoms with Crippen molar-refractivity contribution in [1.82, 2.24) is 10.2 Å². The third kappa shape index (κ3) is 7.29. The van der Waals surface area contributed by atoms with Gasteiger partial charge < -0.3 is 15.4 Å². The molecule has 0 heterocycles. The van der Waals surface area contributed by atoms with Crippen molar-refractivity contribution in [3.63, 3.8) is 0 Å². The lowest BCUT2D eigenvalue weighted by Gasteiger charge is -2.16. The number of para-hydroxylation sites is 1. The number of carbonyl (C=O) groups is 2. The molecule has 0 saturated heterocycles. The number of anilines is 1. The third-order valence-electron chi connectivity index (χ3n) is 3.86. The van der Waals surface area contributed by atoms with Crippen LogP contribution in [-0.4, -0.2) is 50.5 Å². The van der Waals surface area contributed by atoms with E-state index in [0.29, 0.717) is 23.7 Å². The number of halogens is 1. The highest BCUT2D eigenvalue weighted by molar-refractivity contribution is 6.30. The van der Waals surface area contributed by atoms with Crippen LogP contribution in [0.1, 0.15) is 5.56 Å². The normalized spacial score (nSPS) is 10.5. The highest BCUT2D eigenvalue weighted by Gasteiger charge is 2.11. The smallest absolute Gasteiger partial charge is 0.238 e. The number of ether oxygens (including phenoxy) is 1. The fourth-order valence-electron chi connectivity index (χ4n) is 2.58. The van der Waals surface area contributed by atoms with Crippen LogP contribution in [0.5, 0.6) is 5.75 Å². The summed E-state index contributed by atoms with van der Waals surface area (Å²) in [6.45, 7) is 0.756. The molecule has 2 amide bonds. The van der Waals surface area contributed by atoms with Gasteiger partial charge in [0.25, 0.3) is 0 Å². The quantitative estimate of drug-likeness (QED) is 0.691. The van der Waals surface area contributed by atoms with E-state index in [4.69, 9.17) is 16.3 Å². The molecule has 0 aliphatic heterocycles. The molecular formula is C20H24ClN3O3. The predicted molar refractivity (Wildman–Crippen MR) is 107 cm³/mol. The summed E-state index contributed by atoms with van der Waals surface area (Å²) in [5.41, 5.74) is 1.70. The van der Waals surface area contributed by atoms with Crippen LogP contribution in [0, 0.1) is 0 Å². The topological polar surface area (TPSA) is 70.7 Å². The number of likely N-dealkylation sites (N-methyl/N-ethyl adjacent to an activating group) is 1. The molecule has 0 atom stereocenters. The summed E-state index contributed by atoms with van der Waals surface area (Å²) in [6.07, 6.45) is 0.677. The van der Waals surface area contributed by atoms with E-state index in [0.717, 1.165) is 11.3 Å². The van der Waals surface area contributed by atoms with E-state index in [2.05, 4.69) is 10.6 Å². The van der Waals surface area contributed by atoms with Crippen LogP contribution in [0.3, 0.4) is 0 Å². The van der Waals surface area contributed by atoms with E-state index in [1.165, 1.54) is 0 Å². The molecule has 7 heteroatoms. The number of rotatable bonds is 9. The van der Waals surface area contributed by atoms with Crippen molar-refractivity contribution < 1.29 is 14.3 Å². The van der Waals surface area contributed by atoms with Crippen molar-refractivity contribution in [3.05, 3.63) is 59.1 Å². The molecule has 6 nitrogen and oxygen atoms in total. The first-order chi connectivity index (χ1) is 13.0. The average Bonchev–Trinajstić information content (AvgIpc) is 2.63. The summed E-state index contributed by atoms with van der Waals surface area (Å²) in [6, 6.07) is 14.6. The first-order valence-corrected chi connectivity index (χ1v) is 8.98. The second-order valence-corrected chi connectivity index (χ2v) is 6.58. The molecule has 0 aliphatic carbocycles. The lowest BCUT2D eigenvalue weighted by Crippen LogP contribution is -2.39. The van der Waals surface area contributed by atoms with Gasteiger partial charge in [-0.2, -0.15) is 0 Å². The number of nitrogens with zero attached hydrogens (tertiary/aromatic N) is 1. The first-order valence-electron chi connectivity index (χ1n) is 8.60. The lowest BCUT2D eigenvalue weighted by molar-refractivity contribution is -0.122. The molecule has 0 radical (unpaired) electrons. The Morgan fingerprint density at radius 3 is 2.41 bits per heavy atom. The molecule has 0 unspecified atom stereocenters. The summed E-state index contributed by atoms with van der Waals surface area (Å²) in [7, 11) is 3.35. The maximum absolute atomic E-state index is 12.0. The Morgan fingerprint density at radius 1 is 1.04 bits per heavy atom. The molecule has 2 aromatic carbocycles. The SMILES string of the molecule is COc1ccccc1CCNC(=O)CN(C)CC(=O)Nc1ccc(Cl)cc1. The van der Waals surface area contributed by atoms with E-state index in [-0.39, 0.29) is 24.9 Å². The van der Waals surface area contributed by atoms with Gasteiger partial charge in [0.2, 0.25) is 11.8 Å². The minimum atomic E-state index is -0.193. The van der Waals surface area contributed by atoms with Crippen molar-refractivity contribution in [2.24, 2.45) is 0 Å². The summed E-state index contributed by atoms with van der Waals surface area (Å²) >= 11 is 5.82. The molecule has 0 spiro atoms. The molecule has 2 N–H and O–H groups in total. The standard InChI is InChI=1S/C20H24ClN3O3/c1-24(14-20(26)23-17-9-7-16(21)8-10-17)13-19(25)22-12-11-15-5-3-4-6-18(15)27-2/h3-10H,11-14H2,1-2H3,(H,22,25)(H,23,26). The summed E-state index contributed by atoms with van der Waals surface area (Å²) in [5.74, 6) is 0.482. The Hall–Kier alpha value is -2.57. The molecular weight excluding hydrogens is 366 g/mol. The Morgan fingerprint density at radius 2 is 1.70 bits per heavy atom. The second kappa shape index (κ2) is 10.5. The number of carbonyl (C=O) groups excluding carboxylic acids is 2. The number of amides is 2. The van der Waals surface area contributed by atoms with E-state index in [1.54, 1.807) is 43.3 Å². The van der Waals surface area contributed by atoms with Gasteiger partial charge in [-0.3, -0.25) is 14.5 Å². The Bertz CT molecular complexity index is 765. The van der Waals surface area contributed by atoms with Gasteiger partial charge in [0, 0.05) is 17.3 Å². The zero-order valence-corrected chi connectivity index (χ0v) is 16.3. The predicted octanol–water partition coefficient (Wildman–Crippen LogP) is 2.58. The monoisotopic (exact) mass is 389 g/mol. The molecule has 0 saturated carbocycles. The van der Waals surface area contributed by atoms with Gasteiger partial charge in [-0.15, -0.1) is 0 Å². The number of nitrogens with one attached hydrogen (secondary N) is 2. The zero-order valence-electron chi connectivity index (χ0n) is 15.5. The molecule has 0 aromatic heterocycles. The van der Waals surface area contributed by atoms with E-state index in [1.807, 2.05) is 24.3 Å². The Labute approximate surface area is 164 Å². The fraction of sp³-hybridized carbons (Fsp3) is 0.300. The number of methoxy groups -OCH3 is 1. The van der Waals surface area contributed by atoms with Gasteiger partial charge in [0.15, 0.2) is 0 Å². The zero-order chi connectivity index (χ0) is 19.6. The molecule has 0 bridgehead atoms. The molecule has 27 heavy (non-hydrogen) atoms. The van der Waals surface area contributed by atoms with Crippen molar-refractivity contribution in [3.8, 4) is 5.75 Å². The summed E-state index contributed by atoms with van der Waals surface area (Å²) < 4.78 is 5.29. The Balaban J connectivity index is 1.70. The Kier molecular flexibility index (Phi) is 8.10. The lowest BCUT2D eigenvalue weighted by atomic mass is 10.1. The van der Waals surface area contributed by atoms with Crippen LogP contribution >= 0.6 is 11.6 Å². The van der Waals surface area contributed by atoms with Gasteiger partial charge in [-0.1, -0.05) is 29.8 Å². The van der Waals surface area contributed by atoms with Crippen LogP contribution in [-0.2, 0) is 16.0 Å². The maximum atomic E-state index is 12.0. The van der Waals surface area contributed by atoms with Gasteiger partial charge in [0.05, 0.1) is 20.2 Å². The fourth-order valence-corrected chi connectivity index (χ4v) is 2.71. The third-order valence-corrected chi connectivity index (χ3v) is 4.12. The second-order valence-electron chi connectivity index (χ2n) is 6.14. The number of hydrogen-bond acceptors (Lipinski definition) is 4. The summed E-state index contributed by atoms with van der Waals surface area (Å²) in [4.78, 5) is 25.7. The van der Waals surface area contributed by atoms with Crippen LogP contribution in [0.25, 0.3) is 0 Å². The van der Waals surface area contributed by atoms with E-state index in [9.17, 15) is 9.59 Å². The molecule has 144 valence electrons. The van der Waals surface area contributed by atoms with Crippen LogP contribution < -0.4 is 15.4 Å². The van der Waals surface area contributed by atoms with Gasteiger partial charge in [0.1, 0.15) is 5.75 Å². The number of benzene rings is 2. The highest BCUT2D eigenvalue weighted by Crippen LogP contribution is 2.17. The molecule has 2 rings (SSSR count).